The molecule has 0 aromatic heterocycles. The fourth-order valence-corrected chi connectivity index (χ4v) is 3.49. The predicted molar refractivity (Wildman–Crippen MR) is 110 cm³/mol. The number of benzene rings is 3. The number of hydrogen-bond donors (Lipinski definition) is 2. The van der Waals surface area contributed by atoms with E-state index in [4.69, 9.17) is 0 Å². The Morgan fingerprint density at radius 1 is 0.815 bits per heavy atom. The van der Waals surface area contributed by atoms with Crippen molar-refractivity contribution in [2.24, 2.45) is 0 Å². The number of anilines is 2. The van der Waals surface area contributed by atoms with Gasteiger partial charge in [0.05, 0.1) is 12.1 Å². The van der Waals surface area contributed by atoms with Crippen molar-refractivity contribution < 1.29 is 9.59 Å². The van der Waals surface area contributed by atoms with E-state index in [1.54, 1.807) is 23.9 Å². The average Bonchev–Trinajstić information content (AvgIpc) is 2.65. The molecule has 0 saturated carbocycles. The van der Waals surface area contributed by atoms with E-state index < -0.39 is 0 Å². The van der Waals surface area contributed by atoms with Crippen molar-refractivity contribution in [3.05, 3.63) is 84.4 Å². The minimum atomic E-state index is -0.118. The molecule has 3 aromatic carbocycles. The summed E-state index contributed by atoms with van der Waals surface area (Å²) in [6, 6.07) is 25.1. The molecule has 0 heterocycles. The normalized spacial score (nSPS) is 10.3. The van der Waals surface area contributed by atoms with Crippen molar-refractivity contribution in [3.63, 3.8) is 0 Å². The van der Waals surface area contributed by atoms with Crippen LogP contribution in [0.2, 0.25) is 0 Å². The van der Waals surface area contributed by atoms with E-state index in [2.05, 4.69) is 10.6 Å². The van der Waals surface area contributed by atoms with Gasteiger partial charge in [-0.1, -0.05) is 54.2 Å². The van der Waals surface area contributed by atoms with E-state index in [9.17, 15) is 9.59 Å². The number of rotatable bonds is 6. The zero-order valence-corrected chi connectivity index (χ0v) is 15.8. The molecule has 4 nitrogen and oxygen atoms in total. The fraction of sp³-hybridized carbons (Fsp3) is 0.0909. The second-order valence-corrected chi connectivity index (χ2v) is 7.13. The highest BCUT2D eigenvalue weighted by Crippen LogP contribution is 2.33. The summed E-state index contributed by atoms with van der Waals surface area (Å²) in [4.78, 5) is 25.6. The third-order valence-corrected chi connectivity index (χ3v) is 4.85. The lowest BCUT2D eigenvalue weighted by atomic mass is 10.1. The summed E-state index contributed by atoms with van der Waals surface area (Å²) in [5.74, 6) is -0.198. The first-order valence-corrected chi connectivity index (χ1v) is 9.40. The van der Waals surface area contributed by atoms with Crippen LogP contribution in [0.3, 0.4) is 0 Å². The molecule has 2 N–H and O–H groups in total. The minimum Gasteiger partial charge on any atom is -0.326 e. The summed E-state index contributed by atoms with van der Waals surface area (Å²) in [7, 11) is 0. The minimum absolute atomic E-state index is 0.0802. The molecule has 0 fully saturated rings. The summed E-state index contributed by atoms with van der Waals surface area (Å²) < 4.78 is 0. The Labute approximate surface area is 163 Å². The molecule has 0 aliphatic carbocycles. The number of para-hydroxylation sites is 1. The van der Waals surface area contributed by atoms with Crippen LogP contribution < -0.4 is 10.6 Å². The van der Waals surface area contributed by atoms with Crippen molar-refractivity contribution in [3.8, 4) is 0 Å². The van der Waals surface area contributed by atoms with E-state index in [1.165, 1.54) is 6.92 Å². The van der Waals surface area contributed by atoms with Crippen LogP contribution in [0.4, 0.5) is 11.4 Å². The Hall–Kier alpha value is -3.05. The maximum atomic E-state index is 12.5. The second kappa shape index (κ2) is 9.05. The zero-order chi connectivity index (χ0) is 19.1. The maximum Gasteiger partial charge on any atom is 0.228 e. The highest BCUT2D eigenvalue weighted by atomic mass is 32.2. The standard InChI is InChI=1S/C22H20N2O2S/c1-16(25)23-18-13-11-17(12-14-18)15-22(26)24-20-9-5-6-10-21(20)27-19-7-3-2-4-8-19/h2-14H,15H2,1H3,(H,23,25)(H,24,26). The predicted octanol–water partition coefficient (Wildman–Crippen LogP) is 4.98. The lowest BCUT2D eigenvalue weighted by Crippen LogP contribution is -2.15. The van der Waals surface area contributed by atoms with E-state index in [0.717, 1.165) is 26.7 Å². The van der Waals surface area contributed by atoms with Crippen molar-refractivity contribution in [2.45, 2.75) is 23.1 Å². The highest BCUT2D eigenvalue weighted by molar-refractivity contribution is 7.99. The Bertz CT molecular complexity index is 925. The van der Waals surface area contributed by atoms with Gasteiger partial charge in [0.25, 0.3) is 0 Å². The second-order valence-electron chi connectivity index (χ2n) is 6.01. The van der Waals surface area contributed by atoms with Gasteiger partial charge in [-0.3, -0.25) is 9.59 Å². The molecule has 136 valence electrons. The summed E-state index contributed by atoms with van der Waals surface area (Å²) in [5.41, 5.74) is 2.40. The SMILES string of the molecule is CC(=O)Nc1ccc(CC(=O)Nc2ccccc2Sc2ccccc2)cc1. The van der Waals surface area contributed by atoms with Gasteiger partial charge in [-0.05, 0) is 42.0 Å². The lowest BCUT2D eigenvalue weighted by Gasteiger charge is -2.11. The fourth-order valence-electron chi connectivity index (χ4n) is 2.56. The van der Waals surface area contributed by atoms with E-state index >= 15 is 0 Å². The molecular formula is C22H20N2O2S. The summed E-state index contributed by atoms with van der Waals surface area (Å²) in [5, 5.41) is 5.71. The van der Waals surface area contributed by atoms with Crippen LogP contribution in [0.15, 0.2) is 88.7 Å². The first kappa shape index (κ1) is 18.7. The number of carbonyl (C=O) groups is 2. The van der Waals surface area contributed by atoms with Crippen molar-refractivity contribution in [2.75, 3.05) is 10.6 Å². The van der Waals surface area contributed by atoms with Gasteiger partial charge < -0.3 is 10.6 Å². The molecule has 0 unspecified atom stereocenters. The molecule has 3 aromatic rings. The zero-order valence-electron chi connectivity index (χ0n) is 14.9. The lowest BCUT2D eigenvalue weighted by molar-refractivity contribution is -0.116. The molecule has 3 rings (SSSR count). The largest absolute Gasteiger partial charge is 0.326 e. The summed E-state index contributed by atoms with van der Waals surface area (Å²) in [6.07, 6.45) is 0.269. The van der Waals surface area contributed by atoms with E-state index in [-0.39, 0.29) is 18.2 Å². The molecule has 0 bridgehead atoms. The first-order valence-electron chi connectivity index (χ1n) is 8.58. The number of carbonyl (C=O) groups excluding carboxylic acids is 2. The molecule has 0 spiro atoms. The number of hydrogen-bond acceptors (Lipinski definition) is 3. The molecule has 0 aliphatic rings. The smallest absolute Gasteiger partial charge is 0.228 e. The molecule has 0 radical (unpaired) electrons. The van der Waals surface area contributed by atoms with Gasteiger partial charge in [0.15, 0.2) is 0 Å². The monoisotopic (exact) mass is 376 g/mol. The van der Waals surface area contributed by atoms with Crippen LogP contribution >= 0.6 is 11.8 Å². The van der Waals surface area contributed by atoms with Gasteiger partial charge in [0, 0.05) is 22.4 Å². The molecule has 0 saturated heterocycles. The molecule has 5 heteroatoms. The van der Waals surface area contributed by atoms with Crippen molar-refractivity contribution >= 4 is 35.0 Å². The molecular weight excluding hydrogens is 356 g/mol. The molecule has 2 amide bonds. The quantitative estimate of drug-likeness (QED) is 0.638. The molecule has 0 aliphatic heterocycles. The third kappa shape index (κ3) is 5.72. The van der Waals surface area contributed by atoms with Gasteiger partial charge in [0.1, 0.15) is 0 Å². The van der Waals surface area contributed by atoms with E-state index in [0.29, 0.717) is 0 Å². The Kier molecular flexibility index (Phi) is 6.28. The summed E-state index contributed by atoms with van der Waals surface area (Å²) >= 11 is 1.62. The molecule has 0 atom stereocenters. The van der Waals surface area contributed by atoms with Crippen LogP contribution in [-0.2, 0) is 16.0 Å². The number of amides is 2. The first-order chi connectivity index (χ1) is 13.1. The van der Waals surface area contributed by atoms with Crippen LogP contribution in [0.1, 0.15) is 12.5 Å². The Balaban J connectivity index is 1.65. The Morgan fingerprint density at radius 3 is 2.19 bits per heavy atom. The van der Waals surface area contributed by atoms with Crippen molar-refractivity contribution in [1.82, 2.24) is 0 Å². The van der Waals surface area contributed by atoms with Crippen molar-refractivity contribution in [1.29, 1.82) is 0 Å². The molecule has 27 heavy (non-hydrogen) atoms. The van der Waals surface area contributed by atoms with Crippen LogP contribution in [0.5, 0.6) is 0 Å². The van der Waals surface area contributed by atoms with Gasteiger partial charge in [-0.25, -0.2) is 0 Å². The average molecular weight is 376 g/mol. The van der Waals surface area contributed by atoms with Crippen LogP contribution in [0, 0.1) is 0 Å². The van der Waals surface area contributed by atoms with Gasteiger partial charge in [0.2, 0.25) is 11.8 Å². The maximum absolute atomic E-state index is 12.5. The topological polar surface area (TPSA) is 58.2 Å². The van der Waals surface area contributed by atoms with Crippen LogP contribution in [-0.4, -0.2) is 11.8 Å². The third-order valence-electron chi connectivity index (χ3n) is 3.77. The van der Waals surface area contributed by atoms with Gasteiger partial charge >= 0.3 is 0 Å². The highest BCUT2D eigenvalue weighted by Gasteiger charge is 2.09. The van der Waals surface area contributed by atoms with E-state index in [1.807, 2.05) is 66.7 Å². The number of nitrogens with one attached hydrogen (secondary N) is 2. The van der Waals surface area contributed by atoms with Gasteiger partial charge in [-0.15, -0.1) is 0 Å². The van der Waals surface area contributed by atoms with Gasteiger partial charge in [-0.2, -0.15) is 0 Å². The summed E-state index contributed by atoms with van der Waals surface area (Å²) in [6.45, 7) is 1.46. The van der Waals surface area contributed by atoms with Crippen LogP contribution in [0.25, 0.3) is 0 Å². The Morgan fingerprint density at radius 2 is 1.48 bits per heavy atom.